The van der Waals surface area contributed by atoms with Gasteiger partial charge in [-0.15, -0.1) is 0 Å². The van der Waals surface area contributed by atoms with Crippen LogP contribution in [0, 0.1) is 17.8 Å². The number of halogens is 5. The lowest BCUT2D eigenvalue weighted by atomic mass is 10.0. The average Bonchev–Trinajstić information content (AvgIpc) is 3.44. The van der Waals surface area contributed by atoms with Gasteiger partial charge >= 0.3 is 6.18 Å². The highest BCUT2D eigenvalue weighted by molar-refractivity contribution is 5.93. The Labute approximate surface area is 281 Å². The van der Waals surface area contributed by atoms with E-state index in [4.69, 9.17) is 4.74 Å². The number of alkyl halides is 5. The van der Waals surface area contributed by atoms with Gasteiger partial charge in [0.15, 0.2) is 0 Å². The maximum Gasteiger partial charge on any atom is 0.393 e. The van der Waals surface area contributed by atoms with Crippen molar-refractivity contribution in [3.05, 3.63) is 58.8 Å². The van der Waals surface area contributed by atoms with Gasteiger partial charge in [0.1, 0.15) is 17.6 Å². The molecule has 14 heteroatoms. The number of fused-ring (bicyclic) bond motifs is 1. The smallest absolute Gasteiger partial charge is 0.393 e. The third-order valence-corrected chi connectivity index (χ3v) is 6.64. The minimum Gasteiger partial charge on any atom is -0.495 e. The molecule has 2 amide bonds. The van der Waals surface area contributed by atoms with Crippen molar-refractivity contribution in [1.29, 1.82) is 0 Å². The number of likely N-dealkylation sites (tertiary alicyclic amines) is 1. The molecule has 3 rings (SSSR count). The Kier molecular flexibility index (Phi) is 21.3. The van der Waals surface area contributed by atoms with E-state index in [0.717, 1.165) is 16.6 Å². The van der Waals surface area contributed by atoms with Gasteiger partial charge in [0.2, 0.25) is 5.91 Å². The van der Waals surface area contributed by atoms with E-state index in [1.54, 1.807) is 0 Å². The van der Waals surface area contributed by atoms with E-state index in [0.29, 0.717) is 12.7 Å². The second-order valence-electron chi connectivity index (χ2n) is 10.5. The summed E-state index contributed by atoms with van der Waals surface area (Å²) in [5.74, 6) is 5.97. The molecule has 2 aromatic heterocycles. The summed E-state index contributed by atoms with van der Waals surface area (Å²) in [6.07, 6.45) is -0.333. The normalized spacial score (nSPS) is 15.5. The maximum absolute atomic E-state index is 13.7. The highest BCUT2D eigenvalue weighted by Crippen LogP contribution is 2.25. The lowest BCUT2D eigenvalue weighted by Gasteiger charge is -2.26. The van der Waals surface area contributed by atoms with Gasteiger partial charge in [0, 0.05) is 38.2 Å². The van der Waals surface area contributed by atoms with Crippen LogP contribution in [0.4, 0.5) is 22.0 Å². The van der Waals surface area contributed by atoms with Gasteiger partial charge in [-0.25, -0.2) is 8.91 Å². The molecule has 3 heterocycles. The average molecular weight is 687 g/mol. The van der Waals surface area contributed by atoms with Gasteiger partial charge < -0.3 is 25.6 Å². The van der Waals surface area contributed by atoms with E-state index < -0.39 is 24.7 Å². The minimum absolute atomic E-state index is 0.00832. The second kappa shape index (κ2) is 23.2. The number of hydrogen-bond acceptors (Lipinski definition) is 6. The van der Waals surface area contributed by atoms with Crippen LogP contribution in [0.2, 0.25) is 0 Å². The summed E-state index contributed by atoms with van der Waals surface area (Å²) >= 11 is 0. The summed E-state index contributed by atoms with van der Waals surface area (Å²) in [5.41, 5.74) is 0.596. The van der Waals surface area contributed by atoms with Crippen LogP contribution in [0.15, 0.2) is 41.9 Å². The number of rotatable bonds is 9. The van der Waals surface area contributed by atoms with E-state index in [2.05, 4.69) is 51.8 Å². The van der Waals surface area contributed by atoms with Gasteiger partial charge in [-0.2, -0.15) is 18.3 Å². The van der Waals surface area contributed by atoms with Crippen molar-refractivity contribution in [3.8, 4) is 11.8 Å². The number of aromatic nitrogens is 2. The van der Waals surface area contributed by atoms with Crippen LogP contribution in [0.1, 0.15) is 68.6 Å². The molecule has 0 bridgehead atoms. The van der Waals surface area contributed by atoms with E-state index in [1.807, 2.05) is 13.8 Å². The number of ether oxygens (including phenoxy) is 1. The van der Waals surface area contributed by atoms with Gasteiger partial charge in [-0.3, -0.25) is 14.0 Å². The Bertz CT molecular complexity index is 1390. The largest absolute Gasteiger partial charge is 0.495 e. The predicted octanol–water partition coefficient (Wildman–Crippen LogP) is 5.61. The predicted molar refractivity (Wildman–Crippen MR) is 180 cm³/mol. The van der Waals surface area contributed by atoms with Crippen LogP contribution in [-0.4, -0.2) is 93.7 Å². The van der Waals surface area contributed by atoms with Gasteiger partial charge in [-0.1, -0.05) is 32.6 Å². The summed E-state index contributed by atoms with van der Waals surface area (Å²) in [4.78, 5) is 26.2. The quantitative estimate of drug-likeness (QED) is 0.137. The molecule has 0 aliphatic carbocycles. The van der Waals surface area contributed by atoms with Crippen LogP contribution in [0.3, 0.4) is 0 Å². The fourth-order valence-corrected chi connectivity index (χ4v) is 4.61. The number of carbonyl (C=O) groups excluding carboxylic acids is 2. The van der Waals surface area contributed by atoms with Crippen LogP contribution in [-0.2, 0) is 16.0 Å². The fourth-order valence-electron chi connectivity index (χ4n) is 4.61. The molecule has 1 fully saturated rings. The Morgan fingerprint density at radius 3 is 2.35 bits per heavy atom. The summed E-state index contributed by atoms with van der Waals surface area (Å²) in [6, 6.07) is 2.82. The molecule has 1 saturated heterocycles. The first-order valence-electron chi connectivity index (χ1n) is 15.7. The fraction of sp³-hybridized carbons (Fsp3) is 0.559. The van der Waals surface area contributed by atoms with E-state index in [9.17, 15) is 31.5 Å². The maximum atomic E-state index is 13.7. The third kappa shape index (κ3) is 16.1. The van der Waals surface area contributed by atoms with Crippen molar-refractivity contribution in [2.24, 2.45) is 5.92 Å². The standard InChI is InChI=1S/C24H27F4N5O3.C7H15N.C2H6.CH3F/c1-15(25)10-18(21(36-4)7-8-22(34)29-2)31-9-5-6-16-11-19-17(13-24(26,27)28)14-32-33(19)20(12-16)23(35)30-3;1-7-4-3-5-8(2)6-7;2*1-2/h7,10-12,14-15,31H,8-9,13H2,1-4H3,(H,29,34)(H,30,35);7H,3-6H2,1-2H3;1-2H3;1H3/b18-10+,21-7+;;;. The number of hydrogen-bond donors (Lipinski definition) is 3. The number of nitrogens with zero attached hydrogens (tertiary/aromatic N) is 3. The summed E-state index contributed by atoms with van der Waals surface area (Å²) < 4.78 is 68.5. The minimum atomic E-state index is -4.46. The first kappa shape index (κ1) is 43.9. The zero-order valence-electron chi connectivity index (χ0n) is 29.4. The molecule has 0 radical (unpaired) electrons. The van der Waals surface area contributed by atoms with Crippen molar-refractivity contribution < 1.29 is 36.3 Å². The van der Waals surface area contributed by atoms with Crippen molar-refractivity contribution >= 4 is 17.3 Å². The first-order chi connectivity index (χ1) is 22.8. The highest BCUT2D eigenvalue weighted by atomic mass is 19.4. The summed E-state index contributed by atoms with van der Waals surface area (Å²) in [5, 5.41) is 11.7. The number of nitrogens with one attached hydrogen (secondary N) is 3. The van der Waals surface area contributed by atoms with E-state index >= 15 is 0 Å². The lowest BCUT2D eigenvalue weighted by Crippen LogP contribution is -2.30. The van der Waals surface area contributed by atoms with Crippen LogP contribution in [0.5, 0.6) is 0 Å². The van der Waals surface area contributed by atoms with Crippen molar-refractivity contribution in [3.63, 3.8) is 0 Å². The van der Waals surface area contributed by atoms with E-state index in [-0.39, 0.29) is 47.1 Å². The topological polar surface area (TPSA) is 100 Å². The molecule has 270 valence electrons. The second-order valence-corrected chi connectivity index (χ2v) is 10.5. The highest BCUT2D eigenvalue weighted by Gasteiger charge is 2.30. The van der Waals surface area contributed by atoms with Gasteiger partial charge in [0.05, 0.1) is 44.7 Å². The summed E-state index contributed by atoms with van der Waals surface area (Å²) in [7, 11) is 6.95. The molecule has 1 aliphatic rings. The van der Waals surface area contributed by atoms with Gasteiger partial charge in [-0.05, 0) is 63.6 Å². The Hall–Kier alpha value is -4.12. The SMILES string of the molecule is CC.CC1CCCN(C)C1.CF.CNC(=O)C/C=C(OC)\C(=C/C(C)F)NCC#Cc1cc(C(=O)NC)n2ncc(CC(F)(F)F)c2c1. The molecule has 3 N–H and O–H groups in total. The lowest BCUT2D eigenvalue weighted by molar-refractivity contribution is -0.127. The monoisotopic (exact) mass is 686 g/mol. The Balaban J connectivity index is 0.00000156. The zero-order chi connectivity index (χ0) is 36.9. The molecular weight excluding hydrogens is 635 g/mol. The van der Waals surface area contributed by atoms with Crippen molar-refractivity contribution in [2.75, 3.05) is 55.1 Å². The molecule has 2 unspecified atom stereocenters. The molecular formula is C34H51F5N6O3. The Morgan fingerprint density at radius 2 is 1.85 bits per heavy atom. The van der Waals surface area contributed by atoms with Crippen LogP contribution >= 0.6 is 0 Å². The number of carbonyl (C=O) groups is 2. The molecule has 1 aliphatic heterocycles. The van der Waals surface area contributed by atoms with Crippen molar-refractivity contribution in [1.82, 2.24) is 30.5 Å². The molecule has 0 saturated carbocycles. The zero-order valence-corrected chi connectivity index (χ0v) is 29.4. The number of amides is 2. The first-order valence-corrected chi connectivity index (χ1v) is 15.7. The van der Waals surface area contributed by atoms with Gasteiger partial charge in [0.25, 0.3) is 5.91 Å². The number of methoxy groups -OCH3 is 1. The number of allylic oxidation sites excluding steroid dienone is 1. The molecule has 48 heavy (non-hydrogen) atoms. The molecule has 2 aromatic rings. The molecule has 9 nitrogen and oxygen atoms in total. The molecule has 0 aromatic carbocycles. The number of piperidine rings is 1. The Morgan fingerprint density at radius 1 is 1.19 bits per heavy atom. The third-order valence-electron chi connectivity index (χ3n) is 6.64. The van der Waals surface area contributed by atoms with E-state index in [1.165, 1.54) is 78.3 Å². The summed E-state index contributed by atoms with van der Waals surface area (Å²) in [6.45, 7) is 10.3. The van der Waals surface area contributed by atoms with Crippen LogP contribution < -0.4 is 16.0 Å². The molecule has 0 spiro atoms. The molecule has 2 atom stereocenters. The number of pyridine rings is 1. The van der Waals surface area contributed by atoms with Crippen molar-refractivity contribution in [2.45, 2.75) is 65.7 Å². The van der Waals surface area contributed by atoms with Crippen LogP contribution in [0.25, 0.3) is 5.52 Å².